The first-order valence-corrected chi connectivity index (χ1v) is 6.35. The molecule has 0 saturated heterocycles. The Kier molecular flexibility index (Phi) is 2.81. The van der Waals surface area contributed by atoms with Crippen LogP contribution in [0.1, 0.15) is 29.6 Å². The van der Waals surface area contributed by atoms with E-state index in [-0.39, 0.29) is 17.6 Å². The number of carbonyl (C=O) groups is 2. The summed E-state index contributed by atoms with van der Waals surface area (Å²) in [6, 6.07) is 1.82. The quantitative estimate of drug-likeness (QED) is 0.827. The highest BCUT2D eigenvalue weighted by Gasteiger charge is 2.34. The molecule has 2 aromatic rings. The minimum atomic E-state index is -0.795. The Hall–Kier alpha value is -2.17. The van der Waals surface area contributed by atoms with Gasteiger partial charge in [0.25, 0.3) is 0 Å². The van der Waals surface area contributed by atoms with E-state index in [9.17, 15) is 9.59 Å². The lowest BCUT2D eigenvalue weighted by molar-refractivity contribution is -0.141. The van der Waals surface area contributed by atoms with Gasteiger partial charge in [-0.1, -0.05) is 0 Å². The second-order valence-electron chi connectivity index (χ2n) is 5.03. The predicted octanol–water partition coefficient (Wildman–Crippen LogP) is 2.25. The average Bonchev–Trinajstić information content (AvgIpc) is 3.05. The van der Waals surface area contributed by atoms with Crippen LogP contribution in [-0.4, -0.2) is 26.8 Å². The summed E-state index contributed by atoms with van der Waals surface area (Å²) >= 11 is 0. The molecule has 5 nitrogen and oxygen atoms in total. The number of nitrogens with one attached hydrogen (secondary N) is 1. The minimum absolute atomic E-state index is 0.0306. The fraction of sp³-hybridized carbons (Fsp3) is 0.357. The zero-order chi connectivity index (χ0) is 13.4. The van der Waals surface area contributed by atoms with Crippen molar-refractivity contribution in [3.05, 3.63) is 30.2 Å². The molecule has 98 valence electrons. The van der Waals surface area contributed by atoms with Crippen molar-refractivity contribution in [2.24, 2.45) is 11.8 Å². The van der Waals surface area contributed by atoms with Gasteiger partial charge in [0, 0.05) is 41.0 Å². The standard InChI is InChI=1S/C14H14N2O3/c17-13(8-1-2-9(5-8)14(18)19)11-7-16-12-3-4-15-6-10(11)12/h3-4,6-9,16H,1-2,5H2,(H,18,19). The third-order valence-electron chi connectivity index (χ3n) is 3.90. The van der Waals surface area contributed by atoms with E-state index in [1.165, 1.54) is 0 Å². The van der Waals surface area contributed by atoms with Crippen molar-refractivity contribution >= 4 is 22.7 Å². The van der Waals surface area contributed by atoms with Gasteiger partial charge in [-0.3, -0.25) is 14.6 Å². The summed E-state index contributed by atoms with van der Waals surface area (Å²) in [7, 11) is 0. The molecule has 1 fully saturated rings. The van der Waals surface area contributed by atoms with Gasteiger partial charge in [-0.25, -0.2) is 0 Å². The summed E-state index contributed by atoms with van der Waals surface area (Å²) < 4.78 is 0. The maximum absolute atomic E-state index is 12.4. The van der Waals surface area contributed by atoms with Crippen LogP contribution in [-0.2, 0) is 4.79 Å². The molecule has 0 radical (unpaired) electrons. The zero-order valence-electron chi connectivity index (χ0n) is 10.3. The van der Waals surface area contributed by atoms with Crippen molar-refractivity contribution in [1.29, 1.82) is 0 Å². The molecule has 0 bridgehead atoms. The van der Waals surface area contributed by atoms with E-state index in [1.54, 1.807) is 18.6 Å². The molecule has 2 unspecified atom stereocenters. The van der Waals surface area contributed by atoms with Gasteiger partial charge in [-0.05, 0) is 25.3 Å². The Labute approximate surface area is 109 Å². The van der Waals surface area contributed by atoms with Crippen molar-refractivity contribution in [1.82, 2.24) is 9.97 Å². The lowest BCUT2D eigenvalue weighted by atomic mass is 9.95. The highest BCUT2D eigenvalue weighted by Crippen LogP contribution is 2.34. The number of ketones is 1. The van der Waals surface area contributed by atoms with E-state index in [1.807, 2.05) is 6.07 Å². The van der Waals surface area contributed by atoms with Crippen LogP contribution in [0.2, 0.25) is 0 Å². The van der Waals surface area contributed by atoms with E-state index >= 15 is 0 Å². The van der Waals surface area contributed by atoms with E-state index in [2.05, 4.69) is 9.97 Å². The zero-order valence-corrected chi connectivity index (χ0v) is 10.3. The van der Waals surface area contributed by atoms with E-state index in [4.69, 9.17) is 5.11 Å². The van der Waals surface area contributed by atoms with Crippen molar-refractivity contribution in [3.63, 3.8) is 0 Å². The highest BCUT2D eigenvalue weighted by atomic mass is 16.4. The number of fused-ring (bicyclic) bond motifs is 1. The summed E-state index contributed by atoms with van der Waals surface area (Å²) in [5.74, 6) is -1.32. The topological polar surface area (TPSA) is 83.0 Å². The van der Waals surface area contributed by atoms with Gasteiger partial charge in [0.1, 0.15) is 0 Å². The number of aromatic nitrogens is 2. The van der Waals surface area contributed by atoms with Gasteiger partial charge in [0.05, 0.1) is 5.92 Å². The number of pyridine rings is 1. The number of Topliss-reactive ketones (excluding diaryl/α,β-unsaturated/α-hetero) is 1. The normalized spacial score (nSPS) is 22.7. The Morgan fingerprint density at radius 1 is 1.32 bits per heavy atom. The largest absolute Gasteiger partial charge is 0.481 e. The number of carboxylic acid groups (broad SMARTS) is 1. The third kappa shape index (κ3) is 2.01. The number of rotatable bonds is 3. The maximum atomic E-state index is 12.4. The van der Waals surface area contributed by atoms with Gasteiger partial charge in [0.15, 0.2) is 5.78 Å². The molecule has 2 atom stereocenters. The Balaban J connectivity index is 1.87. The van der Waals surface area contributed by atoms with Crippen LogP contribution >= 0.6 is 0 Å². The Bertz CT molecular complexity index is 647. The molecule has 1 aliphatic carbocycles. The summed E-state index contributed by atoms with van der Waals surface area (Å²) in [6.07, 6.45) is 6.73. The molecule has 2 heterocycles. The first kappa shape index (κ1) is 11.9. The average molecular weight is 258 g/mol. The second kappa shape index (κ2) is 4.50. The van der Waals surface area contributed by atoms with E-state index < -0.39 is 5.97 Å². The van der Waals surface area contributed by atoms with Gasteiger partial charge in [-0.2, -0.15) is 0 Å². The molecule has 0 aromatic carbocycles. The van der Waals surface area contributed by atoms with Crippen molar-refractivity contribution in [3.8, 4) is 0 Å². The Morgan fingerprint density at radius 2 is 2.11 bits per heavy atom. The molecule has 0 spiro atoms. The maximum Gasteiger partial charge on any atom is 0.306 e. The summed E-state index contributed by atoms with van der Waals surface area (Å²) in [4.78, 5) is 30.5. The minimum Gasteiger partial charge on any atom is -0.481 e. The molecule has 2 N–H and O–H groups in total. The second-order valence-corrected chi connectivity index (χ2v) is 5.03. The van der Waals surface area contributed by atoms with Crippen LogP contribution in [0.3, 0.4) is 0 Å². The highest BCUT2D eigenvalue weighted by molar-refractivity contribution is 6.08. The summed E-state index contributed by atoms with van der Waals surface area (Å²) in [6.45, 7) is 0. The number of aliphatic carboxylic acids is 1. The number of carboxylic acids is 1. The number of hydrogen-bond donors (Lipinski definition) is 2. The predicted molar refractivity (Wildman–Crippen MR) is 68.9 cm³/mol. The van der Waals surface area contributed by atoms with Crippen molar-refractivity contribution in [2.45, 2.75) is 19.3 Å². The summed E-state index contributed by atoms with van der Waals surface area (Å²) in [5.41, 5.74) is 1.50. The van der Waals surface area contributed by atoms with E-state index in [0.717, 1.165) is 10.9 Å². The number of aromatic amines is 1. The third-order valence-corrected chi connectivity index (χ3v) is 3.90. The van der Waals surface area contributed by atoms with Gasteiger partial charge < -0.3 is 10.1 Å². The molecule has 0 amide bonds. The van der Waals surface area contributed by atoms with Crippen LogP contribution in [0, 0.1) is 11.8 Å². The molecule has 2 aromatic heterocycles. The molecule has 5 heteroatoms. The van der Waals surface area contributed by atoms with Gasteiger partial charge >= 0.3 is 5.97 Å². The smallest absolute Gasteiger partial charge is 0.306 e. The lowest BCUT2D eigenvalue weighted by Crippen LogP contribution is -2.14. The first-order valence-electron chi connectivity index (χ1n) is 6.35. The van der Waals surface area contributed by atoms with Crippen LogP contribution in [0.25, 0.3) is 10.9 Å². The SMILES string of the molecule is O=C(O)C1CCC(C(=O)c2c[nH]c3ccncc23)C1. The van der Waals surface area contributed by atoms with Crippen molar-refractivity contribution < 1.29 is 14.7 Å². The number of nitrogens with zero attached hydrogens (tertiary/aromatic N) is 1. The van der Waals surface area contributed by atoms with Crippen LogP contribution < -0.4 is 0 Å². The molecular weight excluding hydrogens is 244 g/mol. The monoisotopic (exact) mass is 258 g/mol. The van der Waals surface area contributed by atoms with E-state index in [0.29, 0.717) is 24.8 Å². The molecule has 19 heavy (non-hydrogen) atoms. The van der Waals surface area contributed by atoms with Crippen LogP contribution in [0.15, 0.2) is 24.7 Å². The van der Waals surface area contributed by atoms with Crippen molar-refractivity contribution in [2.75, 3.05) is 0 Å². The number of hydrogen-bond acceptors (Lipinski definition) is 3. The molecule has 3 rings (SSSR count). The number of carbonyl (C=O) groups excluding carboxylic acids is 1. The first-order chi connectivity index (χ1) is 9.16. The van der Waals surface area contributed by atoms with Crippen LogP contribution in [0.4, 0.5) is 0 Å². The molecular formula is C14H14N2O3. The fourth-order valence-electron chi connectivity index (χ4n) is 2.83. The molecule has 0 aliphatic heterocycles. The molecule has 1 saturated carbocycles. The Morgan fingerprint density at radius 3 is 2.84 bits per heavy atom. The van der Waals surface area contributed by atoms with Crippen LogP contribution in [0.5, 0.6) is 0 Å². The lowest BCUT2D eigenvalue weighted by Gasteiger charge is -2.07. The van der Waals surface area contributed by atoms with Gasteiger partial charge in [0.2, 0.25) is 0 Å². The fourth-order valence-corrected chi connectivity index (χ4v) is 2.83. The van der Waals surface area contributed by atoms with Gasteiger partial charge in [-0.15, -0.1) is 0 Å². The number of H-pyrrole nitrogens is 1. The summed E-state index contributed by atoms with van der Waals surface area (Å²) in [5, 5.41) is 9.80. The molecule has 1 aliphatic rings.